The summed E-state index contributed by atoms with van der Waals surface area (Å²) in [5.41, 5.74) is 0.765. The van der Waals surface area contributed by atoms with Crippen LogP contribution < -0.4 is 9.64 Å². The Balaban J connectivity index is 1.55. The number of rotatable bonds is 6. The van der Waals surface area contributed by atoms with Crippen LogP contribution in [0.2, 0.25) is 0 Å². The van der Waals surface area contributed by atoms with E-state index in [9.17, 15) is 14.9 Å². The zero-order valence-corrected chi connectivity index (χ0v) is 15.2. The standard InChI is InChI=1S/C18H21N5O4/c1-21(2)16-10-19-11-17(20-16)27-15-7-8-22(12-15)18(24)9-13-3-5-14(6-4-13)23(25)26/h3-6,10-11,15H,7-9,12H2,1-2H3. The zero-order chi connectivity index (χ0) is 19.4. The van der Waals surface area contributed by atoms with Crippen molar-refractivity contribution in [3.63, 3.8) is 0 Å². The molecule has 1 aliphatic rings. The van der Waals surface area contributed by atoms with Gasteiger partial charge in [-0.2, -0.15) is 4.98 Å². The Kier molecular flexibility index (Phi) is 5.49. The molecule has 1 amide bonds. The fourth-order valence-electron chi connectivity index (χ4n) is 2.85. The molecular formula is C18H21N5O4. The highest BCUT2D eigenvalue weighted by Crippen LogP contribution is 2.19. The molecule has 1 saturated heterocycles. The number of ether oxygens (including phenoxy) is 1. The molecule has 9 heteroatoms. The summed E-state index contributed by atoms with van der Waals surface area (Å²) in [6.45, 7) is 1.09. The lowest BCUT2D eigenvalue weighted by Crippen LogP contribution is -2.32. The van der Waals surface area contributed by atoms with Gasteiger partial charge in [-0.1, -0.05) is 12.1 Å². The van der Waals surface area contributed by atoms with Gasteiger partial charge < -0.3 is 14.5 Å². The van der Waals surface area contributed by atoms with Gasteiger partial charge in [0.05, 0.1) is 30.3 Å². The molecule has 0 aliphatic carbocycles. The number of carbonyl (C=O) groups is 1. The quantitative estimate of drug-likeness (QED) is 0.562. The first-order valence-corrected chi connectivity index (χ1v) is 8.59. The Hall–Kier alpha value is -3.23. The van der Waals surface area contributed by atoms with Crippen LogP contribution in [0.5, 0.6) is 5.88 Å². The van der Waals surface area contributed by atoms with Crippen LogP contribution in [0.1, 0.15) is 12.0 Å². The predicted octanol–water partition coefficient (Wildman–Crippen LogP) is 1.67. The smallest absolute Gasteiger partial charge is 0.269 e. The van der Waals surface area contributed by atoms with Crippen molar-refractivity contribution in [3.05, 3.63) is 52.3 Å². The molecule has 9 nitrogen and oxygen atoms in total. The van der Waals surface area contributed by atoms with Gasteiger partial charge in [-0.15, -0.1) is 0 Å². The normalized spacial score (nSPS) is 16.2. The van der Waals surface area contributed by atoms with Crippen LogP contribution in [-0.2, 0) is 11.2 Å². The number of nitrogens with zero attached hydrogens (tertiary/aromatic N) is 5. The largest absolute Gasteiger partial charge is 0.471 e. The van der Waals surface area contributed by atoms with Crippen molar-refractivity contribution >= 4 is 17.4 Å². The Bertz CT molecular complexity index is 825. The van der Waals surface area contributed by atoms with Crippen LogP contribution in [-0.4, -0.2) is 59.0 Å². The van der Waals surface area contributed by atoms with Gasteiger partial charge in [0.1, 0.15) is 6.10 Å². The third kappa shape index (κ3) is 4.69. The number of benzene rings is 1. The lowest BCUT2D eigenvalue weighted by molar-refractivity contribution is -0.384. The van der Waals surface area contributed by atoms with Crippen molar-refractivity contribution in [2.24, 2.45) is 0 Å². The minimum Gasteiger partial charge on any atom is -0.471 e. The predicted molar refractivity (Wildman–Crippen MR) is 98.8 cm³/mol. The average Bonchev–Trinajstić information content (AvgIpc) is 3.11. The minimum absolute atomic E-state index is 0.0156. The number of nitro benzene ring substituents is 1. The summed E-state index contributed by atoms with van der Waals surface area (Å²) in [5.74, 6) is 1.12. The summed E-state index contributed by atoms with van der Waals surface area (Å²) in [6.07, 6.45) is 4.02. The second-order valence-corrected chi connectivity index (χ2v) is 6.58. The van der Waals surface area contributed by atoms with Crippen LogP contribution in [0.4, 0.5) is 11.5 Å². The van der Waals surface area contributed by atoms with Crippen molar-refractivity contribution in [2.45, 2.75) is 18.9 Å². The summed E-state index contributed by atoms with van der Waals surface area (Å²) in [7, 11) is 3.75. The van der Waals surface area contributed by atoms with E-state index >= 15 is 0 Å². The highest BCUT2D eigenvalue weighted by Gasteiger charge is 2.28. The summed E-state index contributed by atoms with van der Waals surface area (Å²) < 4.78 is 5.87. The average molecular weight is 371 g/mol. The second kappa shape index (κ2) is 7.98. The number of likely N-dealkylation sites (tertiary alicyclic amines) is 1. The molecule has 0 spiro atoms. The molecule has 0 N–H and O–H groups in total. The monoisotopic (exact) mass is 371 g/mol. The molecule has 1 aliphatic heterocycles. The molecule has 27 heavy (non-hydrogen) atoms. The molecular weight excluding hydrogens is 350 g/mol. The van der Waals surface area contributed by atoms with E-state index < -0.39 is 4.92 Å². The van der Waals surface area contributed by atoms with Gasteiger partial charge >= 0.3 is 0 Å². The van der Waals surface area contributed by atoms with Crippen LogP contribution in [0, 0.1) is 10.1 Å². The Morgan fingerprint density at radius 1 is 1.33 bits per heavy atom. The third-order valence-corrected chi connectivity index (χ3v) is 4.35. The molecule has 0 saturated carbocycles. The maximum atomic E-state index is 12.5. The van der Waals surface area contributed by atoms with Crippen molar-refractivity contribution in [3.8, 4) is 5.88 Å². The first kappa shape index (κ1) is 18.6. The van der Waals surface area contributed by atoms with E-state index in [-0.39, 0.29) is 24.1 Å². The topological polar surface area (TPSA) is 102 Å². The molecule has 142 valence electrons. The maximum Gasteiger partial charge on any atom is 0.269 e. The van der Waals surface area contributed by atoms with E-state index in [2.05, 4.69) is 9.97 Å². The van der Waals surface area contributed by atoms with Gasteiger partial charge in [-0.3, -0.25) is 19.9 Å². The Morgan fingerprint density at radius 3 is 2.74 bits per heavy atom. The van der Waals surface area contributed by atoms with E-state index in [1.54, 1.807) is 29.4 Å². The number of carbonyl (C=O) groups excluding carboxylic acids is 1. The summed E-state index contributed by atoms with van der Waals surface area (Å²) in [5, 5.41) is 10.7. The second-order valence-electron chi connectivity index (χ2n) is 6.58. The SMILES string of the molecule is CN(C)c1cncc(OC2CCN(C(=O)Cc3ccc([N+](=O)[O-])cc3)C2)n1. The number of non-ortho nitro benzene ring substituents is 1. The van der Waals surface area contributed by atoms with E-state index in [0.29, 0.717) is 24.8 Å². The number of nitro groups is 1. The van der Waals surface area contributed by atoms with Gasteiger partial charge in [0.2, 0.25) is 11.8 Å². The molecule has 1 aromatic carbocycles. The molecule has 2 aromatic rings. The molecule has 0 radical (unpaired) electrons. The molecule has 2 heterocycles. The summed E-state index contributed by atoms with van der Waals surface area (Å²) >= 11 is 0. The number of amides is 1. The van der Waals surface area contributed by atoms with Gasteiger partial charge in [0.25, 0.3) is 5.69 Å². The van der Waals surface area contributed by atoms with Gasteiger partial charge in [0, 0.05) is 39.2 Å². The number of hydrogen-bond donors (Lipinski definition) is 0. The molecule has 1 atom stereocenters. The van der Waals surface area contributed by atoms with Crippen LogP contribution >= 0.6 is 0 Å². The lowest BCUT2D eigenvalue weighted by atomic mass is 10.1. The summed E-state index contributed by atoms with van der Waals surface area (Å²) in [4.78, 5) is 34.8. The van der Waals surface area contributed by atoms with E-state index in [1.807, 2.05) is 19.0 Å². The fourth-order valence-corrected chi connectivity index (χ4v) is 2.85. The molecule has 3 rings (SSSR count). The summed E-state index contributed by atoms with van der Waals surface area (Å²) in [6, 6.07) is 6.05. The van der Waals surface area contributed by atoms with Gasteiger partial charge in [0.15, 0.2) is 5.82 Å². The highest BCUT2D eigenvalue weighted by molar-refractivity contribution is 5.79. The first-order valence-electron chi connectivity index (χ1n) is 8.59. The molecule has 0 bridgehead atoms. The first-order chi connectivity index (χ1) is 12.9. The van der Waals surface area contributed by atoms with Crippen molar-refractivity contribution < 1.29 is 14.5 Å². The van der Waals surface area contributed by atoms with Crippen LogP contribution in [0.15, 0.2) is 36.7 Å². The number of hydrogen-bond acceptors (Lipinski definition) is 7. The third-order valence-electron chi connectivity index (χ3n) is 4.35. The van der Waals surface area contributed by atoms with Crippen molar-refractivity contribution in [2.75, 3.05) is 32.1 Å². The van der Waals surface area contributed by atoms with Gasteiger partial charge in [-0.05, 0) is 5.56 Å². The van der Waals surface area contributed by atoms with Crippen molar-refractivity contribution in [1.82, 2.24) is 14.9 Å². The fraction of sp³-hybridized carbons (Fsp3) is 0.389. The van der Waals surface area contributed by atoms with Crippen molar-refractivity contribution in [1.29, 1.82) is 0 Å². The lowest BCUT2D eigenvalue weighted by Gasteiger charge is -2.17. The van der Waals surface area contributed by atoms with E-state index in [1.165, 1.54) is 12.1 Å². The number of aromatic nitrogens is 2. The van der Waals surface area contributed by atoms with Crippen LogP contribution in [0.25, 0.3) is 0 Å². The number of anilines is 1. The minimum atomic E-state index is -0.456. The van der Waals surface area contributed by atoms with E-state index in [0.717, 1.165) is 12.0 Å². The van der Waals surface area contributed by atoms with Crippen LogP contribution in [0.3, 0.4) is 0 Å². The Morgan fingerprint density at radius 2 is 2.07 bits per heavy atom. The molecule has 1 unspecified atom stereocenters. The zero-order valence-electron chi connectivity index (χ0n) is 15.2. The molecule has 1 aromatic heterocycles. The van der Waals surface area contributed by atoms with Gasteiger partial charge in [-0.25, -0.2) is 0 Å². The highest BCUT2D eigenvalue weighted by atomic mass is 16.6. The van der Waals surface area contributed by atoms with E-state index in [4.69, 9.17) is 4.74 Å². The molecule has 1 fully saturated rings. The maximum absolute atomic E-state index is 12.5. The Labute approximate surface area is 156 Å².